The molecule has 0 spiro atoms. The third kappa shape index (κ3) is 2.30. The SMILES string of the molecule is NCCOC1CCNC1. The molecule has 0 aliphatic carbocycles. The average Bonchev–Trinajstić information content (AvgIpc) is 2.34. The molecule has 1 aliphatic heterocycles. The minimum Gasteiger partial charge on any atom is -0.376 e. The number of hydrogen-bond donors (Lipinski definition) is 2. The van der Waals surface area contributed by atoms with Crippen LogP contribution < -0.4 is 11.1 Å². The van der Waals surface area contributed by atoms with E-state index in [1.54, 1.807) is 0 Å². The Hall–Kier alpha value is -0.120. The van der Waals surface area contributed by atoms with Crippen molar-refractivity contribution in [2.45, 2.75) is 12.5 Å². The largest absolute Gasteiger partial charge is 0.376 e. The van der Waals surface area contributed by atoms with Crippen molar-refractivity contribution in [1.29, 1.82) is 0 Å². The second-order valence-corrected chi connectivity index (χ2v) is 2.27. The number of ether oxygens (including phenoxy) is 1. The molecule has 0 aromatic rings. The van der Waals surface area contributed by atoms with Gasteiger partial charge in [0.2, 0.25) is 0 Å². The molecule has 0 aromatic heterocycles. The van der Waals surface area contributed by atoms with Gasteiger partial charge in [0.05, 0.1) is 12.7 Å². The molecule has 1 rings (SSSR count). The number of nitrogens with two attached hydrogens (primary N) is 1. The Morgan fingerprint density at radius 1 is 1.67 bits per heavy atom. The molecule has 0 bridgehead atoms. The Kier molecular flexibility index (Phi) is 2.97. The van der Waals surface area contributed by atoms with Crippen molar-refractivity contribution in [3.63, 3.8) is 0 Å². The predicted octanol–water partition coefficient (Wildman–Crippen LogP) is -0.676. The lowest BCUT2D eigenvalue weighted by atomic mass is 10.3. The van der Waals surface area contributed by atoms with E-state index in [0.29, 0.717) is 19.3 Å². The normalized spacial score (nSPS) is 27.0. The molecule has 1 aliphatic rings. The van der Waals surface area contributed by atoms with Gasteiger partial charge in [0, 0.05) is 13.1 Å². The fourth-order valence-electron chi connectivity index (χ4n) is 1.01. The summed E-state index contributed by atoms with van der Waals surface area (Å²) in [6, 6.07) is 0. The quantitative estimate of drug-likeness (QED) is 0.532. The lowest BCUT2D eigenvalue weighted by Crippen LogP contribution is -2.20. The van der Waals surface area contributed by atoms with Gasteiger partial charge >= 0.3 is 0 Å². The molecule has 0 saturated carbocycles. The van der Waals surface area contributed by atoms with Gasteiger partial charge in [0.15, 0.2) is 0 Å². The molecule has 0 aromatic carbocycles. The van der Waals surface area contributed by atoms with Gasteiger partial charge in [-0.1, -0.05) is 0 Å². The van der Waals surface area contributed by atoms with Crippen molar-refractivity contribution in [3.05, 3.63) is 0 Å². The van der Waals surface area contributed by atoms with E-state index in [1.807, 2.05) is 0 Å². The van der Waals surface area contributed by atoms with E-state index in [-0.39, 0.29) is 0 Å². The van der Waals surface area contributed by atoms with Gasteiger partial charge < -0.3 is 15.8 Å². The lowest BCUT2D eigenvalue weighted by molar-refractivity contribution is 0.0730. The monoisotopic (exact) mass is 130 g/mol. The number of nitrogens with one attached hydrogen (secondary N) is 1. The van der Waals surface area contributed by atoms with E-state index in [4.69, 9.17) is 10.5 Å². The van der Waals surface area contributed by atoms with Crippen LogP contribution >= 0.6 is 0 Å². The van der Waals surface area contributed by atoms with Crippen molar-refractivity contribution < 1.29 is 4.74 Å². The van der Waals surface area contributed by atoms with Gasteiger partial charge in [-0.25, -0.2) is 0 Å². The Balaban J connectivity index is 1.98. The van der Waals surface area contributed by atoms with Gasteiger partial charge in [-0.05, 0) is 13.0 Å². The summed E-state index contributed by atoms with van der Waals surface area (Å²) in [6.07, 6.45) is 1.56. The van der Waals surface area contributed by atoms with Crippen LogP contribution in [0.2, 0.25) is 0 Å². The lowest BCUT2D eigenvalue weighted by Gasteiger charge is -2.07. The molecule has 9 heavy (non-hydrogen) atoms. The first-order valence-corrected chi connectivity index (χ1v) is 3.46. The molecular formula is C6H14N2O. The summed E-state index contributed by atoms with van der Waals surface area (Å²) in [5.74, 6) is 0. The Morgan fingerprint density at radius 2 is 2.56 bits per heavy atom. The smallest absolute Gasteiger partial charge is 0.0712 e. The standard InChI is InChI=1S/C6H14N2O/c7-2-4-9-6-1-3-8-5-6/h6,8H,1-5,7H2. The average molecular weight is 130 g/mol. The molecule has 3 N–H and O–H groups in total. The van der Waals surface area contributed by atoms with Gasteiger partial charge in [-0.3, -0.25) is 0 Å². The van der Waals surface area contributed by atoms with Crippen LogP contribution in [0.4, 0.5) is 0 Å². The maximum atomic E-state index is 5.36. The van der Waals surface area contributed by atoms with Crippen LogP contribution in [0.15, 0.2) is 0 Å². The predicted molar refractivity (Wildman–Crippen MR) is 36.3 cm³/mol. The summed E-state index contributed by atoms with van der Waals surface area (Å²) in [7, 11) is 0. The van der Waals surface area contributed by atoms with Crippen LogP contribution in [0, 0.1) is 0 Å². The molecule has 1 unspecified atom stereocenters. The highest BCUT2D eigenvalue weighted by Crippen LogP contribution is 2.01. The zero-order chi connectivity index (χ0) is 6.53. The minimum atomic E-state index is 0.425. The second kappa shape index (κ2) is 3.82. The molecule has 1 fully saturated rings. The molecule has 3 nitrogen and oxygen atoms in total. The molecule has 1 saturated heterocycles. The highest BCUT2D eigenvalue weighted by molar-refractivity contribution is 4.70. The number of rotatable bonds is 3. The molecule has 1 heterocycles. The third-order valence-corrected chi connectivity index (χ3v) is 1.49. The molecule has 54 valence electrons. The fourth-order valence-corrected chi connectivity index (χ4v) is 1.01. The third-order valence-electron chi connectivity index (χ3n) is 1.49. The van der Waals surface area contributed by atoms with Gasteiger partial charge in [-0.2, -0.15) is 0 Å². The van der Waals surface area contributed by atoms with Crippen molar-refractivity contribution in [1.82, 2.24) is 5.32 Å². The summed E-state index contributed by atoms with van der Waals surface area (Å²) in [5, 5.41) is 3.22. The summed E-state index contributed by atoms with van der Waals surface area (Å²) < 4.78 is 5.36. The van der Waals surface area contributed by atoms with E-state index in [1.165, 1.54) is 0 Å². The molecular weight excluding hydrogens is 116 g/mol. The van der Waals surface area contributed by atoms with Crippen molar-refractivity contribution >= 4 is 0 Å². The van der Waals surface area contributed by atoms with Crippen LogP contribution in [-0.4, -0.2) is 32.3 Å². The van der Waals surface area contributed by atoms with E-state index < -0.39 is 0 Å². The highest BCUT2D eigenvalue weighted by Gasteiger charge is 2.13. The Bertz CT molecular complexity index is 71.5. The summed E-state index contributed by atoms with van der Waals surface area (Å²) >= 11 is 0. The van der Waals surface area contributed by atoms with Crippen LogP contribution in [0.1, 0.15) is 6.42 Å². The highest BCUT2D eigenvalue weighted by atomic mass is 16.5. The van der Waals surface area contributed by atoms with E-state index in [2.05, 4.69) is 5.32 Å². The summed E-state index contributed by atoms with van der Waals surface area (Å²) in [6.45, 7) is 3.43. The van der Waals surface area contributed by atoms with E-state index in [0.717, 1.165) is 19.5 Å². The van der Waals surface area contributed by atoms with E-state index >= 15 is 0 Å². The van der Waals surface area contributed by atoms with Crippen LogP contribution in [0.25, 0.3) is 0 Å². The summed E-state index contributed by atoms with van der Waals surface area (Å²) in [5.41, 5.74) is 5.26. The van der Waals surface area contributed by atoms with Gasteiger partial charge in [0.1, 0.15) is 0 Å². The topological polar surface area (TPSA) is 47.3 Å². The molecule has 1 atom stereocenters. The zero-order valence-electron chi connectivity index (χ0n) is 5.60. The van der Waals surface area contributed by atoms with Crippen molar-refractivity contribution in [3.8, 4) is 0 Å². The Morgan fingerprint density at radius 3 is 3.11 bits per heavy atom. The first-order valence-electron chi connectivity index (χ1n) is 3.46. The van der Waals surface area contributed by atoms with Crippen molar-refractivity contribution in [2.75, 3.05) is 26.2 Å². The first kappa shape index (κ1) is 6.99. The fraction of sp³-hybridized carbons (Fsp3) is 1.00. The molecule has 0 radical (unpaired) electrons. The Labute approximate surface area is 55.6 Å². The molecule has 0 amide bonds. The van der Waals surface area contributed by atoms with Gasteiger partial charge in [-0.15, -0.1) is 0 Å². The maximum Gasteiger partial charge on any atom is 0.0712 e. The second-order valence-electron chi connectivity index (χ2n) is 2.27. The van der Waals surface area contributed by atoms with Crippen LogP contribution in [-0.2, 0) is 4.74 Å². The zero-order valence-corrected chi connectivity index (χ0v) is 5.60. The van der Waals surface area contributed by atoms with Crippen molar-refractivity contribution in [2.24, 2.45) is 5.73 Å². The van der Waals surface area contributed by atoms with Crippen LogP contribution in [0.3, 0.4) is 0 Å². The van der Waals surface area contributed by atoms with Crippen LogP contribution in [0.5, 0.6) is 0 Å². The van der Waals surface area contributed by atoms with E-state index in [9.17, 15) is 0 Å². The molecule has 3 heteroatoms. The maximum absolute atomic E-state index is 5.36. The summed E-state index contributed by atoms with van der Waals surface area (Å²) in [4.78, 5) is 0. The van der Waals surface area contributed by atoms with Gasteiger partial charge in [0.25, 0.3) is 0 Å². The first-order chi connectivity index (χ1) is 4.43. The minimum absolute atomic E-state index is 0.425. The number of hydrogen-bond acceptors (Lipinski definition) is 3.